The van der Waals surface area contributed by atoms with Gasteiger partial charge in [-0.05, 0) is 70.6 Å². The SMILES string of the molecule is CCCC/C=C/CC/C=C/CC/C=C/C(O)C(CO)NC(=O)C(O)CCCCCCCCCCCCCCCCCC/C=C\C/C=C\CCCCCCCCCCCCCCC. The summed E-state index contributed by atoms with van der Waals surface area (Å²) in [6.07, 6.45) is 70.3. The highest BCUT2D eigenvalue weighted by molar-refractivity contribution is 5.80. The van der Waals surface area contributed by atoms with E-state index in [1.807, 2.05) is 6.08 Å². The molecule has 0 radical (unpaired) electrons. The van der Waals surface area contributed by atoms with Crippen LogP contribution in [0.1, 0.15) is 271 Å². The van der Waals surface area contributed by atoms with E-state index >= 15 is 0 Å². The van der Waals surface area contributed by atoms with Crippen molar-refractivity contribution >= 4 is 5.91 Å². The van der Waals surface area contributed by atoms with Crippen LogP contribution in [0.15, 0.2) is 60.8 Å². The minimum absolute atomic E-state index is 0.383. The van der Waals surface area contributed by atoms with E-state index in [-0.39, 0.29) is 6.61 Å². The van der Waals surface area contributed by atoms with E-state index in [0.29, 0.717) is 6.42 Å². The molecule has 1 amide bonds. The van der Waals surface area contributed by atoms with Gasteiger partial charge < -0.3 is 20.6 Å². The fraction of sp³-hybridized carbons (Fsp3) is 0.807. The number of amides is 1. The Balaban J connectivity index is 3.52. The van der Waals surface area contributed by atoms with Crippen molar-refractivity contribution in [3.05, 3.63) is 60.8 Å². The van der Waals surface area contributed by atoms with E-state index in [4.69, 9.17) is 0 Å². The standard InChI is InChI=1S/C57H105NO4/c1-3-5-7-9-11-13-15-17-18-19-20-21-22-23-24-25-26-27-28-29-30-31-32-33-34-35-36-37-38-39-40-42-44-46-48-50-52-56(61)57(62)58-54(53-59)55(60)51-49-47-45-43-41-16-14-12-10-8-6-4-2/h10,12,24-25,27-28,41,43,49,51,54-56,59-61H,3-9,11,13-23,26,29-40,42,44-48,50,52-53H2,1-2H3,(H,58,62)/b12-10+,25-24-,28-27-,43-41+,51-49+. The van der Waals surface area contributed by atoms with Crippen molar-refractivity contribution in [2.75, 3.05) is 6.61 Å². The molecule has 0 saturated heterocycles. The quantitative estimate of drug-likeness (QED) is 0.0362. The molecule has 0 spiro atoms. The molecule has 0 heterocycles. The molecule has 0 rings (SSSR count). The van der Waals surface area contributed by atoms with E-state index in [1.54, 1.807) is 6.08 Å². The third-order valence-corrected chi connectivity index (χ3v) is 12.3. The molecule has 5 nitrogen and oxygen atoms in total. The number of rotatable bonds is 49. The lowest BCUT2D eigenvalue weighted by atomic mass is 10.0. The third kappa shape index (κ3) is 46.1. The van der Waals surface area contributed by atoms with Crippen LogP contribution < -0.4 is 5.32 Å². The number of unbranched alkanes of at least 4 members (excludes halogenated alkanes) is 33. The Labute approximate surface area is 386 Å². The number of carbonyl (C=O) groups is 1. The van der Waals surface area contributed by atoms with Gasteiger partial charge in [-0.15, -0.1) is 0 Å². The lowest BCUT2D eigenvalue weighted by Gasteiger charge is -2.21. The van der Waals surface area contributed by atoms with Gasteiger partial charge in [0.1, 0.15) is 6.10 Å². The monoisotopic (exact) mass is 868 g/mol. The van der Waals surface area contributed by atoms with Crippen molar-refractivity contribution in [1.29, 1.82) is 0 Å². The number of allylic oxidation sites excluding steroid dienone is 9. The van der Waals surface area contributed by atoms with Crippen molar-refractivity contribution in [3.63, 3.8) is 0 Å². The molecule has 5 heteroatoms. The molecule has 0 fully saturated rings. The van der Waals surface area contributed by atoms with Gasteiger partial charge in [-0.25, -0.2) is 0 Å². The average Bonchev–Trinajstić information content (AvgIpc) is 3.28. The first kappa shape index (κ1) is 60.1. The number of nitrogens with one attached hydrogen (secondary N) is 1. The van der Waals surface area contributed by atoms with Gasteiger partial charge in [-0.3, -0.25) is 4.79 Å². The number of aliphatic hydroxyl groups excluding tert-OH is 3. The Kier molecular flexibility index (Phi) is 50.1. The molecular formula is C57H105NO4. The van der Waals surface area contributed by atoms with Crippen LogP contribution in [0, 0.1) is 0 Å². The zero-order valence-corrected chi connectivity index (χ0v) is 41.2. The topological polar surface area (TPSA) is 89.8 Å². The van der Waals surface area contributed by atoms with E-state index in [0.717, 1.165) is 51.4 Å². The predicted octanol–water partition coefficient (Wildman–Crippen LogP) is 16.6. The van der Waals surface area contributed by atoms with Crippen LogP contribution in [0.3, 0.4) is 0 Å². The molecule has 0 aromatic heterocycles. The van der Waals surface area contributed by atoms with E-state index in [1.165, 1.54) is 199 Å². The maximum absolute atomic E-state index is 12.5. The second kappa shape index (κ2) is 51.7. The van der Waals surface area contributed by atoms with E-state index < -0.39 is 24.2 Å². The minimum atomic E-state index is -1.11. The normalized spacial score (nSPS) is 13.8. The summed E-state index contributed by atoms with van der Waals surface area (Å²) in [5.74, 6) is -0.518. The van der Waals surface area contributed by atoms with Crippen molar-refractivity contribution in [2.24, 2.45) is 0 Å². The molecule has 0 aliphatic heterocycles. The first-order valence-electron chi connectivity index (χ1n) is 27.1. The van der Waals surface area contributed by atoms with E-state index in [2.05, 4.69) is 67.8 Å². The van der Waals surface area contributed by atoms with Crippen LogP contribution in [0.5, 0.6) is 0 Å². The van der Waals surface area contributed by atoms with E-state index in [9.17, 15) is 20.1 Å². The molecule has 0 aromatic rings. The van der Waals surface area contributed by atoms with Gasteiger partial charge in [0.15, 0.2) is 0 Å². The van der Waals surface area contributed by atoms with Crippen LogP contribution in [0.2, 0.25) is 0 Å². The van der Waals surface area contributed by atoms with Crippen LogP contribution in [0.4, 0.5) is 0 Å². The third-order valence-electron chi connectivity index (χ3n) is 12.3. The second-order valence-corrected chi connectivity index (χ2v) is 18.4. The van der Waals surface area contributed by atoms with Gasteiger partial charge in [-0.1, -0.05) is 261 Å². The molecule has 3 atom stereocenters. The smallest absolute Gasteiger partial charge is 0.249 e. The van der Waals surface area contributed by atoms with Crippen LogP contribution in [-0.4, -0.2) is 46.1 Å². The Hall–Kier alpha value is -1.95. The molecule has 362 valence electrons. The van der Waals surface area contributed by atoms with Gasteiger partial charge in [0.05, 0.1) is 18.8 Å². The second-order valence-electron chi connectivity index (χ2n) is 18.4. The fourth-order valence-electron chi connectivity index (χ4n) is 8.06. The highest BCUT2D eigenvalue weighted by atomic mass is 16.3. The molecular weight excluding hydrogens is 763 g/mol. The van der Waals surface area contributed by atoms with Crippen molar-refractivity contribution in [1.82, 2.24) is 5.32 Å². The predicted molar refractivity (Wildman–Crippen MR) is 273 cm³/mol. The number of carbonyl (C=O) groups excluding carboxylic acids is 1. The summed E-state index contributed by atoms with van der Waals surface area (Å²) in [7, 11) is 0. The largest absolute Gasteiger partial charge is 0.394 e. The molecule has 0 aliphatic rings. The van der Waals surface area contributed by atoms with Gasteiger partial charge in [0.25, 0.3) is 0 Å². The lowest BCUT2D eigenvalue weighted by Crippen LogP contribution is -2.48. The number of hydrogen-bond donors (Lipinski definition) is 4. The van der Waals surface area contributed by atoms with Gasteiger partial charge in [-0.2, -0.15) is 0 Å². The Morgan fingerprint density at radius 3 is 1.13 bits per heavy atom. The van der Waals surface area contributed by atoms with Gasteiger partial charge in [0.2, 0.25) is 5.91 Å². The Morgan fingerprint density at radius 2 is 0.726 bits per heavy atom. The zero-order chi connectivity index (χ0) is 45.1. The summed E-state index contributed by atoms with van der Waals surface area (Å²) in [5, 5.41) is 33.1. The highest BCUT2D eigenvalue weighted by Crippen LogP contribution is 2.16. The van der Waals surface area contributed by atoms with Crippen molar-refractivity contribution in [2.45, 2.75) is 289 Å². The number of aliphatic hydroxyl groups is 3. The minimum Gasteiger partial charge on any atom is -0.394 e. The van der Waals surface area contributed by atoms with Crippen LogP contribution >= 0.6 is 0 Å². The first-order valence-corrected chi connectivity index (χ1v) is 27.1. The molecule has 0 aliphatic carbocycles. The fourth-order valence-corrected chi connectivity index (χ4v) is 8.06. The van der Waals surface area contributed by atoms with Crippen molar-refractivity contribution in [3.8, 4) is 0 Å². The summed E-state index contributed by atoms with van der Waals surface area (Å²) in [4.78, 5) is 12.5. The summed E-state index contributed by atoms with van der Waals surface area (Å²) < 4.78 is 0. The zero-order valence-electron chi connectivity index (χ0n) is 41.2. The summed E-state index contributed by atoms with van der Waals surface area (Å²) in [5.41, 5.74) is 0. The first-order chi connectivity index (χ1) is 30.6. The van der Waals surface area contributed by atoms with Gasteiger partial charge in [0, 0.05) is 0 Å². The molecule has 0 aromatic carbocycles. The summed E-state index contributed by atoms with van der Waals surface area (Å²) >= 11 is 0. The highest BCUT2D eigenvalue weighted by Gasteiger charge is 2.22. The Bertz CT molecular complexity index is 1050. The van der Waals surface area contributed by atoms with Crippen molar-refractivity contribution < 1.29 is 20.1 Å². The Morgan fingerprint density at radius 1 is 0.403 bits per heavy atom. The van der Waals surface area contributed by atoms with Crippen LogP contribution in [0.25, 0.3) is 0 Å². The summed E-state index contributed by atoms with van der Waals surface area (Å²) in [6, 6.07) is -0.821. The molecule has 62 heavy (non-hydrogen) atoms. The van der Waals surface area contributed by atoms with Gasteiger partial charge >= 0.3 is 0 Å². The molecule has 0 bridgehead atoms. The lowest BCUT2D eigenvalue weighted by molar-refractivity contribution is -0.131. The maximum Gasteiger partial charge on any atom is 0.249 e. The number of hydrogen-bond acceptors (Lipinski definition) is 4. The molecule has 3 unspecified atom stereocenters. The molecule has 0 saturated carbocycles. The average molecular weight is 868 g/mol. The molecule has 4 N–H and O–H groups in total. The maximum atomic E-state index is 12.5. The van der Waals surface area contributed by atoms with Crippen LogP contribution in [-0.2, 0) is 4.79 Å². The summed E-state index contributed by atoms with van der Waals surface area (Å²) in [6.45, 7) is 4.12.